The molecule has 0 aliphatic carbocycles. The quantitative estimate of drug-likeness (QED) is 0.800. The third-order valence-electron chi connectivity index (χ3n) is 2.74. The molecule has 18 heavy (non-hydrogen) atoms. The van der Waals surface area contributed by atoms with Crippen molar-refractivity contribution in [2.75, 3.05) is 18.0 Å². The molecule has 1 aromatic carbocycles. The largest absolute Gasteiger partial charge is 0.383 e. The zero-order valence-electron chi connectivity index (χ0n) is 9.94. The van der Waals surface area contributed by atoms with Crippen molar-refractivity contribution in [3.8, 4) is 5.69 Å². The maximum atomic E-state index is 6.09. The van der Waals surface area contributed by atoms with E-state index in [0.717, 1.165) is 28.6 Å². The molecule has 6 heteroatoms. The van der Waals surface area contributed by atoms with Crippen molar-refractivity contribution in [2.45, 2.75) is 12.8 Å². The fourth-order valence-electron chi connectivity index (χ4n) is 1.82. The molecule has 6 N–H and O–H groups in total. The van der Waals surface area contributed by atoms with Crippen LogP contribution in [0.15, 0.2) is 28.7 Å². The van der Waals surface area contributed by atoms with Crippen LogP contribution in [0.4, 0.5) is 11.6 Å². The number of hydrogen-bond acceptors (Lipinski definition) is 4. The minimum atomic E-state index is 0.473. The van der Waals surface area contributed by atoms with Crippen LogP contribution in [0.1, 0.15) is 12.0 Å². The lowest BCUT2D eigenvalue weighted by Gasteiger charge is -2.05. The molecule has 0 unspecified atom stereocenters. The fourth-order valence-corrected chi connectivity index (χ4v) is 2.21. The number of benzene rings is 1. The molecule has 2 aromatic rings. The topological polar surface area (TPSA) is 95.9 Å². The van der Waals surface area contributed by atoms with Gasteiger partial charge >= 0.3 is 0 Å². The van der Waals surface area contributed by atoms with Gasteiger partial charge in [0.2, 0.25) is 0 Å². The summed E-state index contributed by atoms with van der Waals surface area (Å²) in [6.45, 7) is 0.612. The van der Waals surface area contributed by atoms with Crippen LogP contribution in [0.5, 0.6) is 0 Å². The van der Waals surface area contributed by atoms with E-state index in [1.165, 1.54) is 0 Å². The van der Waals surface area contributed by atoms with Crippen molar-refractivity contribution in [3.63, 3.8) is 0 Å². The Morgan fingerprint density at radius 1 is 1.28 bits per heavy atom. The molecule has 0 radical (unpaired) electrons. The summed E-state index contributed by atoms with van der Waals surface area (Å²) < 4.78 is 2.63. The van der Waals surface area contributed by atoms with Gasteiger partial charge in [-0.15, -0.1) is 5.10 Å². The molecule has 0 fully saturated rings. The van der Waals surface area contributed by atoms with Gasteiger partial charge in [0.25, 0.3) is 0 Å². The summed E-state index contributed by atoms with van der Waals surface area (Å²) in [5.74, 6) is 1.06. The van der Waals surface area contributed by atoms with E-state index in [1.54, 1.807) is 4.68 Å². The van der Waals surface area contributed by atoms with Crippen LogP contribution in [-0.2, 0) is 6.42 Å². The number of nitrogen functional groups attached to an aromatic ring is 2. The van der Waals surface area contributed by atoms with Gasteiger partial charge in [-0.25, -0.2) is 4.68 Å². The van der Waals surface area contributed by atoms with Crippen molar-refractivity contribution in [1.29, 1.82) is 0 Å². The van der Waals surface area contributed by atoms with Crippen LogP contribution >= 0.6 is 15.9 Å². The highest BCUT2D eigenvalue weighted by atomic mass is 79.9. The summed E-state index contributed by atoms with van der Waals surface area (Å²) in [7, 11) is 0. The van der Waals surface area contributed by atoms with E-state index in [0.29, 0.717) is 18.2 Å². The first-order valence-corrected chi connectivity index (χ1v) is 6.51. The molecule has 1 aromatic heterocycles. The number of aromatic nitrogens is 2. The summed E-state index contributed by atoms with van der Waals surface area (Å²) in [6, 6.07) is 7.74. The Labute approximate surface area is 114 Å². The second kappa shape index (κ2) is 5.41. The van der Waals surface area contributed by atoms with Gasteiger partial charge in [0.1, 0.15) is 5.82 Å². The Hall–Kier alpha value is -1.53. The first-order chi connectivity index (χ1) is 8.63. The Bertz CT molecular complexity index is 549. The normalized spacial score (nSPS) is 10.8. The zero-order valence-corrected chi connectivity index (χ0v) is 11.5. The van der Waals surface area contributed by atoms with Crippen LogP contribution in [0, 0.1) is 0 Å². The van der Waals surface area contributed by atoms with E-state index >= 15 is 0 Å². The lowest BCUT2D eigenvalue weighted by molar-refractivity contribution is 0.834. The van der Waals surface area contributed by atoms with Crippen LogP contribution in [0.2, 0.25) is 0 Å². The van der Waals surface area contributed by atoms with Crippen LogP contribution in [0.25, 0.3) is 5.69 Å². The number of anilines is 2. The van der Waals surface area contributed by atoms with Gasteiger partial charge in [-0.2, -0.15) is 0 Å². The maximum absolute atomic E-state index is 6.09. The monoisotopic (exact) mass is 309 g/mol. The van der Waals surface area contributed by atoms with Gasteiger partial charge in [0.15, 0.2) is 5.82 Å². The minimum absolute atomic E-state index is 0.473. The first-order valence-electron chi connectivity index (χ1n) is 5.72. The summed E-state index contributed by atoms with van der Waals surface area (Å²) in [5, 5.41) is 4.28. The molecule has 0 aliphatic rings. The Morgan fingerprint density at radius 3 is 2.72 bits per heavy atom. The van der Waals surface area contributed by atoms with Crippen LogP contribution < -0.4 is 17.2 Å². The number of hydrogen-bond donors (Lipinski definition) is 3. The van der Waals surface area contributed by atoms with E-state index in [1.807, 2.05) is 24.3 Å². The van der Waals surface area contributed by atoms with E-state index in [2.05, 4.69) is 21.0 Å². The average molecular weight is 310 g/mol. The van der Waals surface area contributed by atoms with Crippen molar-refractivity contribution < 1.29 is 0 Å². The summed E-state index contributed by atoms with van der Waals surface area (Å²) in [5.41, 5.74) is 19.2. The van der Waals surface area contributed by atoms with Crippen molar-refractivity contribution >= 4 is 27.6 Å². The maximum Gasteiger partial charge on any atom is 0.151 e. The molecule has 0 bridgehead atoms. The fraction of sp³-hybridized carbons (Fsp3) is 0.250. The van der Waals surface area contributed by atoms with Crippen LogP contribution in [0.3, 0.4) is 0 Å². The van der Waals surface area contributed by atoms with Crippen molar-refractivity contribution in [1.82, 2.24) is 9.78 Å². The van der Waals surface area contributed by atoms with Crippen molar-refractivity contribution in [3.05, 3.63) is 34.3 Å². The second-order valence-corrected chi connectivity index (χ2v) is 4.95. The molecule has 0 saturated carbocycles. The van der Waals surface area contributed by atoms with Gasteiger partial charge < -0.3 is 17.2 Å². The lowest BCUT2D eigenvalue weighted by Crippen LogP contribution is -2.05. The van der Waals surface area contributed by atoms with Gasteiger partial charge in [0, 0.05) is 10.0 Å². The third-order valence-corrected chi connectivity index (χ3v) is 3.23. The van der Waals surface area contributed by atoms with E-state index in [4.69, 9.17) is 17.2 Å². The highest BCUT2D eigenvalue weighted by molar-refractivity contribution is 9.10. The lowest BCUT2D eigenvalue weighted by atomic mass is 10.1. The SMILES string of the molecule is NCCCc1c(N)nn(-c2cccc(Br)c2)c1N. The highest BCUT2D eigenvalue weighted by Crippen LogP contribution is 2.25. The molecule has 96 valence electrons. The molecule has 2 rings (SSSR count). The van der Waals surface area contributed by atoms with E-state index < -0.39 is 0 Å². The van der Waals surface area contributed by atoms with Crippen LogP contribution in [-0.4, -0.2) is 16.3 Å². The molecule has 0 aliphatic heterocycles. The molecular formula is C12H16BrN5. The Morgan fingerprint density at radius 2 is 2.06 bits per heavy atom. The zero-order chi connectivity index (χ0) is 13.1. The first kappa shape index (κ1) is 12.9. The molecular weight excluding hydrogens is 294 g/mol. The summed E-state index contributed by atoms with van der Waals surface area (Å²) in [6.07, 6.45) is 1.60. The molecule has 5 nitrogen and oxygen atoms in total. The molecule has 0 amide bonds. The molecule has 0 spiro atoms. The molecule has 1 heterocycles. The number of nitrogens with zero attached hydrogens (tertiary/aromatic N) is 2. The highest BCUT2D eigenvalue weighted by Gasteiger charge is 2.13. The third kappa shape index (κ3) is 2.49. The van der Waals surface area contributed by atoms with Crippen molar-refractivity contribution in [2.24, 2.45) is 5.73 Å². The second-order valence-electron chi connectivity index (χ2n) is 4.03. The predicted octanol–water partition coefficient (Wildman–Crippen LogP) is 1.69. The number of rotatable bonds is 4. The number of nitrogens with two attached hydrogens (primary N) is 3. The standard InChI is InChI=1S/C12H16BrN5/c13-8-3-1-4-9(7-8)18-12(16)10(5-2-6-14)11(15)17-18/h1,3-4,7H,2,5-6,14,16H2,(H2,15,17). The Balaban J connectivity index is 2.40. The summed E-state index contributed by atoms with van der Waals surface area (Å²) >= 11 is 3.42. The van der Waals surface area contributed by atoms with Gasteiger partial charge in [-0.1, -0.05) is 22.0 Å². The predicted molar refractivity (Wildman–Crippen MR) is 77.5 cm³/mol. The molecule has 0 saturated heterocycles. The van der Waals surface area contributed by atoms with Gasteiger partial charge in [-0.05, 0) is 37.6 Å². The minimum Gasteiger partial charge on any atom is -0.383 e. The van der Waals surface area contributed by atoms with Gasteiger partial charge in [0.05, 0.1) is 5.69 Å². The Kier molecular flexibility index (Phi) is 3.88. The molecule has 0 atom stereocenters. The van der Waals surface area contributed by atoms with E-state index in [-0.39, 0.29) is 0 Å². The number of halogens is 1. The average Bonchev–Trinajstić information content (AvgIpc) is 2.63. The summed E-state index contributed by atoms with van der Waals surface area (Å²) in [4.78, 5) is 0. The van der Waals surface area contributed by atoms with E-state index in [9.17, 15) is 0 Å². The van der Waals surface area contributed by atoms with Gasteiger partial charge in [-0.3, -0.25) is 0 Å². The smallest absolute Gasteiger partial charge is 0.151 e.